The molecule has 0 radical (unpaired) electrons. The summed E-state index contributed by atoms with van der Waals surface area (Å²) in [6, 6.07) is 8.17. The summed E-state index contributed by atoms with van der Waals surface area (Å²) in [5.74, 6) is -0.438. The van der Waals surface area contributed by atoms with Crippen molar-refractivity contribution in [2.24, 2.45) is 0 Å². The molecule has 2 heterocycles. The van der Waals surface area contributed by atoms with Crippen LogP contribution in [0.2, 0.25) is 0 Å². The van der Waals surface area contributed by atoms with Gasteiger partial charge in [0.05, 0.1) is 0 Å². The van der Waals surface area contributed by atoms with Crippen LogP contribution in [0.5, 0.6) is 0 Å². The Labute approximate surface area is 104 Å². The molecule has 90 valence electrons. The van der Waals surface area contributed by atoms with Crippen LogP contribution in [0.3, 0.4) is 0 Å². The van der Waals surface area contributed by atoms with E-state index in [0.717, 1.165) is 11.1 Å². The third kappa shape index (κ3) is 1.86. The number of rotatable bonds is 1. The van der Waals surface area contributed by atoms with Gasteiger partial charge in [-0.2, -0.15) is 0 Å². The van der Waals surface area contributed by atoms with Crippen LogP contribution in [0, 0.1) is 5.82 Å². The van der Waals surface area contributed by atoms with Crippen LogP contribution < -0.4 is 5.32 Å². The van der Waals surface area contributed by atoms with E-state index in [1.165, 1.54) is 12.1 Å². The lowest BCUT2D eigenvalue weighted by Crippen LogP contribution is -2.23. The van der Waals surface area contributed by atoms with E-state index in [4.69, 9.17) is 0 Å². The summed E-state index contributed by atoms with van der Waals surface area (Å²) >= 11 is 0. The van der Waals surface area contributed by atoms with Gasteiger partial charge in [-0.05, 0) is 41.5 Å². The van der Waals surface area contributed by atoms with Crippen molar-refractivity contribution >= 4 is 11.6 Å². The highest BCUT2D eigenvalue weighted by Crippen LogP contribution is 2.36. The zero-order valence-corrected chi connectivity index (χ0v) is 9.56. The van der Waals surface area contributed by atoms with Gasteiger partial charge in [-0.15, -0.1) is 0 Å². The molecule has 1 N–H and O–H groups in total. The van der Waals surface area contributed by atoms with Gasteiger partial charge in [0, 0.05) is 30.4 Å². The zero-order chi connectivity index (χ0) is 12.5. The highest BCUT2D eigenvalue weighted by Gasteiger charge is 2.26. The van der Waals surface area contributed by atoms with Crippen molar-refractivity contribution in [1.29, 1.82) is 0 Å². The zero-order valence-electron chi connectivity index (χ0n) is 9.56. The predicted molar refractivity (Wildman–Crippen MR) is 65.7 cm³/mol. The molecule has 3 nitrogen and oxygen atoms in total. The highest BCUT2D eigenvalue weighted by atomic mass is 19.1. The second-order valence-corrected chi connectivity index (χ2v) is 4.32. The minimum atomic E-state index is -0.288. The molecule has 1 amide bonds. The van der Waals surface area contributed by atoms with Crippen LogP contribution >= 0.6 is 0 Å². The summed E-state index contributed by atoms with van der Waals surface area (Å²) in [6.45, 7) is 0. The first-order chi connectivity index (χ1) is 8.74. The van der Waals surface area contributed by atoms with E-state index in [9.17, 15) is 9.18 Å². The van der Waals surface area contributed by atoms with Gasteiger partial charge in [0.1, 0.15) is 5.82 Å². The molecular formula is C14H11FN2O. The van der Waals surface area contributed by atoms with Gasteiger partial charge in [-0.3, -0.25) is 9.78 Å². The number of aromatic nitrogens is 1. The maximum Gasteiger partial charge on any atom is 0.225 e. The smallest absolute Gasteiger partial charge is 0.225 e. The van der Waals surface area contributed by atoms with Crippen molar-refractivity contribution in [1.82, 2.24) is 4.98 Å². The van der Waals surface area contributed by atoms with Crippen LogP contribution in [0.1, 0.15) is 23.5 Å². The molecule has 0 fully saturated rings. The molecule has 18 heavy (non-hydrogen) atoms. The van der Waals surface area contributed by atoms with Crippen molar-refractivity contribution in [2.75, 3.05) is 5.32 Å². The van der Waals surface area contributed by atoms with Crippen molar-refractivity contribution < 1.29 is 9.18 Å². The Kier molecular flexibility index (Phi) is 2.55. The molecule has 0 aliphatic carbocycles. The number of fused-ring (bicyclic) bond motifs is 1. The molecule has 2 aromatic rings. The van der Waals surface area contributed by atoms with Gasteiger partial charge < -0.3 is 5.32 Å². The minimum absolute atomic E-state index is 0.0454. The monoisotopic (exact) mass is 242 g/mol. The van der Waals surface area contributed by atoms with E-state index in [0.29, 0.717) is 12.1 Å². The van der Waals surface area contributed by atoms with Crippen molar-refractivity contribution in [2.45, 2.75) is 12.3 Å². The Morgan fingerprint density at radius 1 is 1.22 bits per heavy atom. The first-order valence-corrected chi connectivity index (χ1v) is 5.73. The number of nitrogens with one attached hydrogen (secondary N) is 1. The van der Waals surface area contributed by atoms with Gasteiger partial charge in [-0.25, -0.2) is 4.39 Å². The van der Waals surface area contributed by atoms with E-state index >= 15 is 0 Å². The first-order valence-electron chi connectivity index (χ1n) is 5.73. The van der Waals surface area contributed by atoms with Crippen LogP contribution in [-0.4, -0.2) is 10.9 Å². The van der Waals surface area contributed by atoms with Crippen molar-refractivity contribution in [3.8, 4) is 0 Å². The number of nitrogens with zero attached hydrogens (tertiary/aromatic N) is 1. The number of carbonyl (C=O) groups is 1. The summed E-state index contributed by atoms with van der Waals surface area (Å²) in [5, 5.41) is 2.77. The van der Waals surface area contributed by atoms with Crippen molar-refractivity contribution in [3.05, 3.63) is 59.7 Å². The largest absolute Gasteiger partial charge is 0.326 e. The number of benzene rings is 1. The third-order valence-corrected chi connectivity index (χ3v) is 3.16. The summed E-state index contributed by atoms with van der Waals surface area (Å²) in [6.07, 6.45) is 3.70. The summed E-state index contributed by atoms with van der Waals surface area (Å²) < 4.78 is 13.4. The maximum atomic E-state index is 13.4. The van der Waals surface area contributed by atoms with E-state index in [1.54, 1.807) is 18.5 Å². The lowest BCUT2D eigenvalue weighted by atomic mass is 9.85. The SMILES string of the molecule is O=C1CC(c2ccncc2)c2cc(F)ccc2N1. The Morgan fingerprint density at radius 2 is 2.00 bits per heavy atom. The van der Waals surface area contributed by atoms with Gasteiger partial charge in [0.2, 0.25) is 5.91 Å². The summed E-state index contributed by atoms with van der Waals surface area (Å²) in [5.41, 5.74) is 2.49. The van der Waals surface area contributed by atoms with Crippen molar-refractivity contribution in [3.63, 3.8) is 0 Å². The standard InChI is InChI=1S/C14H11FN2O/c15-10-1-2-13-12(7-10)11(8-14(18)17-13)9-3-5-16-6-4-9/h1-7,11H,8H2,(H,17,18). The minimum Gasteiger partial charge on any atom is -0.326 e. The number of halogens is 1. The summed E-state index contributed by atoms with van der Waals surface area (Å²) in [7, 11) is 0. The molecule has 1 atom stereocenters. The highest BCUT2D eigenvalue weighted by molar-refractivity contribution is 5.95. The second-order valence-electron chi connectivity index (χ2n) is 4.32. The molecule has 1 aromatic heterocycles. The van der Waals surface area contributed by atoms with Crippen LogP contribution in [0.15, 0.2) is 42.7 Å². The summed E-state index contributed by atoms with van der Waals surface area (Å²) in [4.78, 5) is 15.6. The van der Waals surface area contributed by atoms with E-state index in [-0.39, 0.29) is 17.6 Å². The quantitative estimate of drug-likeness (QED) is 0.835. The number of carbonyl (C=O) groups excluding carboxylic acids is 1. The lowest BCUT2D eigenvalue weighted by Gasteiger charge is -2.25. The molecule has 1 aliphatic heterocycles. The van der Waals surface area contributed by atoms with Crippen LogP contribution in [0.4, 0.5) is 10.1 Å². The molecule has 1 aliphatic rings. The molecule has 3 rings (SSSR count). The van der Waals surface area contributed by atoms with Gasteiger partial charge in [0.15, 0.2) is 0 Å². The molecular weight excluding hydrogens is 231 g/mol. The van der Waals surface area contributed by atoms with E-state index < -0.39 is 0 Å². The fourth-order valence-electron chi connectivity index (χ4n) is 2.33. The molecule has 0 spiro atoms. The van der Waals surface area contributed by atoms with Crippen LogP contribution in [0.25, 0.3) is 0 Å². The Balaban J connectivity index is 2.12. The Bertz CT molecular complexity index is 598. The average molecular weight is 242 g/mol. The molecule has 1 aromatic carbocycles. The third-order valence-electron chi connectivity index (χ3n) is 3.16. The lowest BCUT2D eigenvalue weighted by molar-refractivity contribution is -0.116. The van der Waals surface area contributed by atoms with Crippen LogP contribution in [-0.2, 0) is 4.79 Å². The fraction of sp³-hybridized carbons (Fsp3) is 0.143. The average Bonchev–Trinajstić information content (AvgIpc) is 2.39. The Morgan fingerprint density at radius 3 is 2.78 bits per heavy atom. The Hall–Kier alpha value is -2.23. The number of amides is 1. The molecule has 0 saturated carbocycles. The normalized spacial score (nSPS) is 18.1. The molecule has 0 bridgehead atoms. The second kappa shape index (κ2) is 4.22. The number of hydrogen-bond donors (Lipinski definition) is 1. The molecule has 1 unspecified atom stereocenters. The molecule has 4 heteroatoms. The molecule has 0 saturated heterocycles. The fourth-order valence-corrected chi connectivity index (χ4v) is 2.33. The predicted octanol–water partition coefficient (Wildman–Crippen LogP) is 2.69. The topological polar surface area (TPSA) is 42.0 Å². The van der Waals surface area contributed by atoms with E-state index in [2.05, 4.69) is 10.3 Å². The first kappa shape index (κ1) is 10.9. The van der Waals surface area contributed by atoms with Gasteiger partial charge in [-0.1, -0.05) is 0 Å². The van der Waals surface area contributed by atoms with E-state index in [1.807, 2.05) is 12.1 Å². The van der Waals surface area contributed by atoms with Gasteiger partial charge in [0.25, 0.3) is 0 Å². The van der Waals surface area contributed by atoms with Gasteiger partial charge >= 0.3 is 0 Å². The maximum absolute atomic E-state index is 13.4. The number of hydrogen-bond acceptors (Lipinski definition) is 2. The number of anilines is 1. The number of pyridine rings is 1.